The van der Waals surface area contributed by atoms with E-state index in [1.165, 1.54) is 13.0 Å². The Morgan fingerprint density at radius 1 is 1.00 bits per heavy atom. The van der Waals surface area contributed by atoms with Crippen LogP contribution in [-0.2, 0) is 9.59 Å². The number of anilines is 2. The molecule has 0 aliphatic heterocycles. The van der Waals surface area contributed by atoms with Gasteiger partial charge in [-0.15, -0.1) is 0 Å². The van der Waals surface area contributed by atoms with Crippen LogP contribution in [0, 0.1) is 0 Å². The van der Waals surface area contributed by atoms with Crippen molar-refractivity contribution in [3.05, 3.63) is 83.7 Å². The largest absolute Gasteiger partial charge is 0.326 e. The van der Waals surface area contributed by atoms with Gasteiger partial charge in [0.1, 0.15) is 0 Å². The van der Waals surface area contributed by atoms with Crippen molar-refractivity contribution in [1.82, 2.24) is 4.57 Å². The summed E-state index contributed by atoms with van der Waals surface area (Å²) in [6, 6.07) is 16.3. The minimum absolute atomic E-state index is 0.126. The summed E-state index contributed by atoms with van der Waals surface area (Å²) >= 11 is 6.09. The third-order valence-corrected chi connectivity index (χ3v) is 3.99. The van der Waals surface area contributed by atoms with Crippen LogP contribution in [0.5, 0.6) is 0 Å². The molecule has 0 fully saturated rings. The number of halogens is 1. The fraction of sp³-hybridized carbons (Fsp3) is 0.0476. The van der Waals surface area contributed by atoms with E-state index < -0.39 is 0 Å². The molecular formula is C21H18ClN3O2. The predicted molar refractivity (Wildman–Crippen MR) is 109 cm³/mol. The third-order valence-electron chi connectivity index (χ3n) is 3.76. The molecule has 0 aliphatic carbocycles. The molecule has 0 radical (unpaired) electrons. The maximum Gasteiger partial charge on any atom is 0.248 e. The van der Waals surface area contributed by atoms with Crippen molar-refractivity contribution in [3.8, 4) is 5.69 Å². The molecule has 27 heavy (non-hydrogen) atoms. The third kappa shape index (κ3) is 5.09. The van der Waals surface area contributed by atoms with E-state index in [0.29, 0.717) is 16.4 Å². The van der Waals surface area contributed by atoms with Crippen LogP contribution in [0.1, 0.15) is 12.5 Å². The Labute approximate surface area is 162 Å². The summed E-state index contributed by atoms with van der Waals surface area (Å²) in [6.45, 7) is 1.46. The van der Waals surface area contributed by atoms with Gasteiger partial charge in [0.2, 0.25) is 11.8 Å². The first-order valence-electron chi connectivity index (χ1n) is 8.31. The van der Waals surface area contributed by atoms with Crippen LogP contribution in [0.3, 0.4) is 0 Å². The smallest absolute Gasteiger partial charge is 0.248 e. The van der Waals surface area contributed by atoms with Crippen LogP contribution in [0.15, 0.2) is 73.1 Å². The first kappa shape index (κ1) is 18.5. The monoisotopic (exact) mass is 379 g/mol. The number of rotatable bonds is 5. The van der Waals surface area contributed by atoms with Crippen molar-refractivity contribution in [2.75, 3.05) is 10.6 Å². The van der Waals surface area contributed by atoms with Gasteiger partial charge in [-0.25, -0.2) is 0 Å². The Morgan fingerprint density at radius 3 is 2.37 bits per heavy atom. The van der Waals surface area contributed by atoms with E-state index >= 15 is 0 Å². The molecule has 2 aromatic carbocycles. The average molecular weight is 380 g/mol. The molecule has 3 aromatic rings. The Balaban J connectivity index is 1.71. The highest BCUT2D eigenvalue weighted by Gasteiger charge is 2.07. The van der Waals surface area contributed by atoms with Gasteiger partial charge in [-0.2, -0.15) is 0 Å². The number of hydrogen-bond acceptors (Lipinski definition) is 2. The molecule has 0 bridgehead atoms. The highest BCUT2D eigenvalue weighted by atomic mass is 35.5. The summed E-state index contributed by atoms with van der Waals surface area (Å²) in [6.07, 6.45) is 6.93. The zero-order valence-corrected chi connectivity index (χ0v) is 15.4. The van der Waals surface area contributed by atoms with Crippen molar-refractivity contribution < 1.29 is 9.59 Å². The summed E-state index contributed by atoms with van der Waals surface area (Å²) in [5.41, 5.74) is 3.00. The minimum Gasteiger partial charge on any atom is -0.326 e. The summed E-state index contributed by atoms with van der Waals surface area (Å²) in [5, 5.41) is 6.16. The van der Waals surface area contributed by atoms with Crippen LogP contribution in [0.4, 0.5) is 11.4 Å². The number of carbonyl (C=O) groups excluding carboxylic acids is 2. The second-order valence-corrected chi connectivity index (χ2v) is 6.31. The fourth-order valence-corrected chi connectivity index (χ4v) is 2.71. The van der Waals surface area contributed by atoms with E-state index in [1.807, 2.05) is 41.2 Å². The molecule has 2 amide bonds. The van der Waals surface area contributed by atoms with Crippen molar-refractivity contribution in [2.45, 2.75) is 6.92 Å². The van der Waals surface area contributed by atoms with Gasteiger partial charge in [0.25, 0.3) is 0 Å². The van der Waals surface area contributed by atoms with Gasteiger partial charge in [-0.3, -0.25) is 9.59 Å². The van der Waals surface area contributed by atoms with Crippen molar-refractivity contribution in [1.29, 1.82) is 0 Å². The summed E-state index contributed by atoms with van der Waals surface area (Å²) in [7, 11) is 0. The lowest BCUT2D eigenvalue weighted by molar-refractivity contribution is -0.114. The number of carbonyl (C=O) groups is 2. The van der Waals surface area contributed by atoms with Gasteiger partial charge in [0, 0.05) is 36.1 Å². The van der Waals surface area contributed by atoms with Crippen molar-refractivity contribution in [2.24, 2.45) is 0 Å². The Morgan fingerprint density at radius 2 is 1.70 bits per heavy atom. The van der Waals surface area contributed by atoms with Gasteiger partial charge < -0.3 is 15.2 Å². The van der Waals surface area contributed by atoms with E-state index in [2.05, 4.69) is 10.6 Å². The summed E-state index contributed by atoms with van der Waals surface area (Å²) in [5.74, 6) is -0.379. The van der Waals surface area contributed by atoms with E-state index in [1.54, 1.807) is 36.4 Å². The normalized spacial score (nSPS) is 10.7. The summed E-state index contributed by atoms with van der Waals surface area (Å²) < 4.78 is 1.88. The molecule has 0 spiro atoms. The predicted octanol–water partition coefficient (Wildman–Crippen LogP) is 4.74. The summed E-state index contributed by atoms with van der Waals surface area (Å²) in [4.78, 5) is 23.3. The highest BCUT2D eigenvalue weighted by molar-refractivity contribution is 6.31. The maximum atomic E-state index is 12.3. The number of nitrogens with one attached hydrogen (secondary N) is 2. The second-order valence-electron chi connectivity index (χ2n) is 5.88. The highest BCUT2D eigenvalue weighted by Crippen LogP contribution is 2.24. The van der Waals surface area contributed by atoms with Gasteiger partial charge in [-0.05, 0) is 54.1 Å². The molecule has 2 N–H and O–H groups in total. The molecule has 0 atom stereocenters. The molecular weight excluding hydrogens is 362 g/mol. The molecule has 0 saturated heterocycles. The molecule has 0 saturated carbocycles. The standard InChI is InChI=1S/C21H18ClN3O2/c1-15(26)23-18-8-4-16(5-9-18)6-11-21(27)24-19-10-7-17(22)14-20(19)25-12-2-3-13-25/h2-14H,1H3,(H,23,26)(H,24,27)/b11-6+. The zero-order valence-electron chi connectivity index (χ0n) is 14.6. The molecule has 1 aromatic heterocycles. The lowest BCUT2D eigenvalue weighted by Crippen LogP contribution is -2.10. The fourth-order valence-electron chi connectivity index (χ4n) is 2.55. The van der Waals surface area contributed by atoms with Crippen LogP contribution < -0.4 is 10.6 Å². The van der Waals surface area contributed by atoms with Crippen molar-refractivity contribution >= 4 is 40.9 Å². The molecule has 136 valence electrons. The van der Waals surface area contributed by atoms with E-state index in [9.17, 15) is 9.59 Å². The first-order valence-corrected chi connectivity index (χ1v) is 8.69. The number of amides is 2. The van der Waals surface area contributed by atoms with E-state index in [0.717, 1.165) is 11.3 Å². The van der Waals surface area contributed by atoms with E-state index in [4.69, 9.17) is 11.6 Å². The SMILES string of the molecule is CC(=O)Nc1ccc(/C=C/C(=O)Nc2ccc(Cl)cc2-n2cccc2)cc1. The number of hydrogen-bond donors (Lipinski definition) is 2. The molecule has 0 unspecified atom stereocenters. The Kier molecular flexibility index (Phi) is 5.74. The quantitative estimate of drug-likeness (QED) is 0.629. The average Bonchev–Trinajstić information content (AvgIpc) is 3.17. The first-order chi connectivity index (χ1) is 13.0. The van der Waals surface area contributed by atoms with E-state index in [-0.39, 0.29) is 11.8 Å². The number of benzene rings is 2. The van der Waals surface area contributed by atoms with Crippen LogP contribution in [-0.4, -0.2) is 16.4 Å². The van der Waals surface area contributed by atoms with Crippen LogP contribution >= 0.6 is 11.6 Å². The second kappa shape index (κ2) is 8.38. The zero-order chi connectivity index (χ0) is 19.2. The van der Waals surface area contributed by atoms with Crippen LogP contribution in [0.25, 0.3) is 11.8 Å². The Bertz CT molecular complexity index is 977. The number of nitrogens with zero attached hydrogens (tertiary/aromatic N) is 1. The van der Waals surface area contributed by atoms with Gasteiger partial charge in [0.05, 0.1) is 11.4 Å². The Hall–Kier alpha value is -3.31. The molecule has 5 nitrogen and oxygen atoms in total. The molecule has 0 aliphatic rings. The molecule has 3 rings (SSSR count). The van der Waals surface area contributed by atoms with Gasteiger partial charge in [-0.1, -0.05) is 23.7 Å². The topological polar surface area (TPSA) is 63.1 Å². The molecule has 1 heterocycles. The number of aromatic nitrogens is 1. The lowest BCUT2D eigenvalue weighted by Gasteiger charge is -2.11. The van der Waals surface area contributed by atoms with Gasteiger partial charge >= 0.3 is 0 Å². The lowest BCUT2D eigenvalue weighted by atomic mass is 10.2. The van der Waals surface area contributed by atoms with Gasteiger partial charge in [0.15, 0.2) is 0 Å². The maximum absolute atomic E-state index is 12.3. The molecule has 6 heteroatoms. The van der Waals surface area contributed by atoms with Crippen LogP contribution in [0.2, 0.25) is 5.02 Å². The van der Waals surface area contributed by atoms with Crippen molar-refractivity contribution in [3.63, 3.8) is 0 Å². The minimum atomic E-state index is -0.253.